The summed E-state index contributed by atoms with van der Waals surface area (Å²) < 4.78 is 5.35. The average Bonchev–Trinajstić information content (AvgIpc) is 2.83. The number of nitrogens with one attached hydrogen (secondary N) is 1. The molecule has 0 unspecified atom stereocenters. The fourth-order valence-corrected chi connectivity index (χ4v) is 2.08. The molecule has 0 amide bonds. The third-order valence-corrected chi connectivity index (χ3v) is 3.27. The molecule has 1 aliphatic rings. The van der Waals surface area contributed by atoms with E-state index in [2.05, 4.69) is 22.0 Å². The van der Waals surface area contributed by atoms with E-state index in [-0.39, 0.29) is 0 Å². The number of thiocarbonyl (C=S) groups is 1. The first-order chi connectivity index (χ1) is 8.29. The molecule has 0 aromatic carbocycles. The molecule has 2 heterocycles. The van der Waals surface area contributed by atoms with Crippen LogP contribution >= 0.6 is 12.2 Å². The van der Waals surface area contributed by atoms with Crippen molar-refractivity contribution >= 4 is 17.3 Å². The summed E-state index contributed by atoms with van der Waals surface area (Å²) in [5.41, 5.74) is 0. The molecule has 0 bridgehead atoms. The lowest BCUT2D eigenvalue weighted by Gasteiger charge is -2.37. The van der Waals surface area contributed by atoms with Crippen molar-refractivity contribution in [3.05, 3.63) is 24.2 Å². The van der Waals surface area contributed by atoms with E-state index >= 15 is 0 Å². The van der Waals surface area contributed by atoms with Gasteiger partial charge in [-0.1, -0.05) is 13.3 Å². The highest BCUT2D eigenvalue weighted by Crippen LogP contribution is 2.10. The SMILES string of the molecule is CCCCN1CNC(=S)N(Cc2ccco2)C1. The van der Waals surface area contributed by atoms with Crippen molar-refractivity contribution in [2.75, 3.05) is 19.9 Å². The van der Waals surface area contributed by atoms with Crippen molar-refractivity contribution in [2.24, 2.45) is 0 Å². The highest BCUT2D eigenvalue weighted by Gasteiger charge is 2.20. The van der Waals surface area contributed by atoms with Crippen LogP contribution in [-0.2, 0) is 6.54 Å². The molecule has 0 spiro atoms. The maximum Gasteiger partial charge on any atom is 0.171 e. The zero-order valence-corrected chi connectivity index (χ0v) is 11.0. The first-order valence-corrected chi connectivity index (χ1v) is 6.48. The van der Waals surface area contributed by atoms with E-state index in [0.29, 0.717) is 0 Å². The van der Waals surface area contributed by atoms with E-state index < -0.39 is 0 Å². The molecule has 5 heteroatoms. The minimum Gasteiger partial charge on any atom is -0.467 e. The molecule has 0 aliphatic carbocycles. The first kappa shape index (κ1) is 12.4. The largest absolute Gasteiger partial charge is 0.467 e. The van der Waals surface area contributed by atoms with Gasteiger partial charge in [-0.15, -0.1) is 0 Å². The van der Waals surface area contributed by atoms with Gasteiger partial charge >= 0.3 is 0 Å². The summed E-state index contributed by atoms with van der Waals surface area (Å²) in [6, 6.07) is 3.89. The standard InChI is InChI=1S/C12H19N3OS/c1-2-3-6-14-9-13-12(17)15(10-14)8-11-5-4-7-16-11/h4-5,7H,2-3,6,8-10H2,1H3,(H,13,17). The summed E-state index contributed by atoms with van der Waals surface area (Å²) in [5.74, 6) is 0.950. The summed E-state index contributed by atoms with van der Waals surface area (Å²) in [6.07, 6.45) is 4.15. The molecule has 1 aliphatic heterocycles. The normalized spacial score (nSPS) is 17.2. The van der Waals surface area contributed by atoms with E-state index in [1.54, 1.807) is 6.26 Å². The molecule has 1 aromatic heterocycles. The zero-order chi connectivity index (χ0) is 12.1. The third kappa shape index (κ3) is 3.44. The number of hydrogen-bond acceptors (Lipinski definition) is 3. The van der Waals surface area contributed by atoms with Crippen molar-refractivity contribution in [1.29, 1.82) is 0 Å². The second-order valence-electron chi connectivity index (χ2n) is 4.31. The van der Waals surface area contributed by atoms with Crippen LogP contribution in [0.5, 0.6) is 0 Å². The van der Waals surface area contributed by atoms with Crippen LogP contribution in [0.15, 0.2) is 22.8 Å². The van der Waals surface area contributed by atoms with Crippen LogP contribution in [0.1, 0.15) is 25.5 Å². The fourth-order valence-electron chi connectivity index (χ4n) is 1.89. The Kier molecular flexibility index (Phi) is 4.39. The number of unbranched alkanes of at least 4 members (excludes halogenated alkanes) is 1. The molecule has 1 aromatic rings. The molecule has 2 rings (SSSR count). The summed E-state index contributed by atoms with van der Waals surface area (Å²) in [7, 11) is 0. The Balaban J connectivity index is 1.88. The zero-order valence-electron chi connectivity index (χ0n) is 10.2. The Morgan fingerprint density at radius 1 is 1.53 bits per heavy atom. The quantitative estimate of drug-likeness (QED) is 0.811. The highest BCUT2D eigenvalue weighted by molar-refractivity contribution is 7.80. The molecule has 94 valence electrons. The number of hydrogen-bond donors (Lipinski definition) is 1. The van der Waals surface area contributed by atoms with Gasteiger partial charge in [0.2, 0.25) is 0 Å². The van der Waals surface area contributed by atoms with Crippen molar-refractivity contribution in [2.45, 2.75) is 26.3 Å². The number of furan rings is 1. The van der Waals surface area contributed by atoms with Gasteiger partial charge in [-0.05, 0) is 30.8 Å². The molecule has 0 radical (unpaired) electrons. The lowest BCUT2D eigenvalue weighted by Crippen LogP contribution is -2.55. The predicted octanol–water partition coefficient (Wildman–Crippen LogP) is 1.99. The summed E-state index contributed by atoms with van der Waals surface area (Å²) in [4.78, 5) is 4.50. The Labute approximate surface area is 108 Å². The predicted molar refractivity (Wildman–Crippen MR) is 71.3 cm³/mol. The molecule has 4 nitrogen and oxygen atoms in total. The molecule has 1 N–H and O–H groups in total. The van der Waals surface area contributed by atoms with Gasteiger partial charge in [0.05, 0.1) is 26.1 Å². The Morgan fingerprint density at radius 3 is 3.12 bits per heavy atom. The monoisotopic (exact) mass is 253 g/mol. The minimum atomic E-state index is 0.738. The van der Waals surface area contributed by atoms with Gasteiger partial charge in [0.1, 0.15) is 5.76 Å². The van der Waals surface area contributed by atoms with Gasteiger partial charge in [0.25, 0.3) is 0 Å². The Hall–Kier alpha value is -1.07. The van der Waals surface area contributed by atoms with Crippen molar-refractivity contribution in [3.8, 4) is 0 Å². The summed E-state index contributed by atoms with van der Waals surface area (Å²) in [5, 5.41) is 4.06. The molecular formula is C12H19N3OS. The van der Waals surface area contributed by atoms with Crippen molar-refractivity contribution < 1.29 is 4.42 Å². The van der Waals surface area contributed by atoms with Crippen LogP contribution in [0.4, 0.5) is 0 Å². The lowest BCUT2D eigenvalue weighted by molar-refractivity contribution is 0.142. The van der Waals surface area contributed by atoms with Gasteiger partial charge in [0.15, 0.2) is 5.11 Å². The van der Waals surface area contributed by atoms with Crippen LogP contribution in [0, 0.1) is 0 Å². The lowest BCUT2D eigenvalue weighted by atomic mass is 10.3. The van der Waals surface area contributed by atoms with Gasteiger partial charge < -0.3 is 14.6 Å². The smallest absolute Gasteiger partial charge is 0.171 e. The molecule has 1 saturated heterocycles. The topological polar surface area (TPSA) is 31.6 Å². The van der Waals surface area contributed by atoms with E-state index in [1.807, 2.05) is 12.1 Å². The van der Waals surface area contributed by atoms with Crippen LogP contribution in [0.3, 0.4) is 0 Å². The average molecular weight is 253 g/mol. The summed E-state index contributed by atoms with van der Waals surface area (Å²) >= 11 is 5.31. The number of rotatable bonds is 5. The molecule has 17 heavy (non-hydrogen) atoms. The second kappa shape index (κ2) is 6.02. The van der Waals surface area contributed by atoms with E-state index in [1.165, 1.54) is 12.8 Å². The Bertz CT molecular complexity index is 353. The van der Waals surface area contributed by atoms with Crippen molar-refractivity contribution in [1.82, 2.24) is 15.1 Å². The third-order valence-electron chi connectivity index (χ3n) is 2.87. The molecule has 1 fully saturated rings. The maximum absolute atomic E-state index is 5.35. The van der Waals surface area contributed by atoms with Gasteiger partial charge in [0, 0.05) is 6.54 Å². The van der Waals surface area contributed by atoms with Gasteiger partial charge in [-0.25, -0.2) is 0 Å². The fraction of sp³-hybridized carbons (Fsp3) is 0.583. The van der Waals surface area contributed by atoms with E-state index in [4.69, 9.17) is 16.6 Å². The van der Waals surface area contributed by atoms with Crippen LogP contribution in [0.2, 0.25) is 0 Å². The first-order valence-electron chi connectivity index (χ1n) is 6.07. The van der Waals surface area contributed by atoms with Crippen LogP contribution < -0.4 is 5.32 Å². The van der Waals surface area contributed by atoms with Crippen LogP contribution in [0.25, 0.3) is 0 Å². The van der Waals surface area contributed by atoms with E-state index in [0.717, 1.165) is 37.3 Å². The maximum atomic E-state index is 5.35. The molecule has 0 atom stereocenters. The highest BCUT2D eigenvalue weighted by atomic mass is 32.1. The second-order valence-corrected chi connectivity index (χ2v) is 4.69. The van der Waals surface area contributed by atoms with Crippen molar-refractivity contribution in [3.63, 3.8) is 0 Å². The number of nitrogens with zero attached hydrogens (tertiary/aromatic N) is 2. The van der Waals surface area contributed by atoms with Gasteiger partial charge in [-0.3, -0.25) is 4.90 Å². The Morgan fingerprint density at radius 2 is 2.41 bits per heavy atom. The minimum absolute atomic E-state index is 0.738. The molecular weight excluding hydrogens is 234 g/mol. The van der Waals surface area contributed by atoms with E-state index in [9.17, 15) is 0 Å². The molecule has 0 saturated carbocycles. The van der Waals surface area contributed by atoms with Crippen LogP contribution in [-0.4, -0.2) is 34.8 Å². The van der Waals surface area contributed by atoms with Gasteiger partial charge in [-0.2, -0.15) is 0 Å². The summed E-state index contributed by atoms with van der Waals surface area (Å²) in [6.45, 7) is 5.80.